The number of nitrogens with zero attached hydrogens (tertiary/aromatic N) is 3. The number of halogens is 4. The van der Waals surface area contributed by atoms with Crippen molar-refractivity contribution < 1.29 is 22.4 Å². The third-order valence-corrected chi connectivity index (χ3v) is 2.89. The van der Waals surface area contributed by atoms with E-state index in [1.54, 1.807) is 17.4 Å². The van der Waals surface area contributed by atoms with E-state index >= 15 is 0 Å². The second-order valence-corrected chi connectivity index (χ2v) is 4.83. The van der Waals surface area contributed by atoms with Gasteiger partial charge in [-0.2, -0.15) is 13.2 Å². The fraction of sp³-hybridized carbons (Fsp3) is 0.286. The van der Waals surface area contributed by atoms with Gasteiger partial charge in [0.2, 0.25) is 5.91 Å². The van der Waals surface area contributed by atoms with Crippen LogP contribution in [0.3, 0.4) is 0 Å². The number of carbonyl (C=O) groups excluding carboxylic acids is 1. The number of carbonyl (C=O) groups is 1. The molecule has 0 aliphatic carbocycles. The summed E-state index contributed by atoms with van der Waals surface area (Å²) in [6.07, 6.45) is -0.611. The Morgan fingerprint density at radius 1 is 1.29 bits per heavy atom. The molecule has 0 unspecified atom stereocenters. The smallest absolute Gasteiger partial charge is 0.356 e. The molecule has 0 saturated carbocycles. The van der Waals surface area contributed by atoms with Gasteiger partial charge in [0, 0.05) is 18.0 Å². The monoisotopic (exact) mass is 343 g/mol. The standard InChI is InChI=1S/C14H13F4N5O/c1-8(13(24)21-7-14(16,17)18)22-12-10(15)6-20-11(23-12)9-2-4-19-5-3-9/h2-6,8H,7H2,1H3,(H,21,24)(H,20,22,23)/t8-/m0/s1. The maximum Gasteiger partial charge on any atom is 0.405 e. The van der Waals surface area contributed by atoms with Gasteiger partial charge >= 0.3 is 6.18 Å². The second kappa shape index (κ2) is 7.20. The molecule has 0 spiro atoms. The molecule has 0 bridgehead atoms. The molecule has 0 fully saturated rings. The van der Waals surface area contributed by atoms with E-state index in [1.807, 2.05) is 0 Å². The lowest BCUT2D eigenvalue weighted by molar-refractivity contribution is -0.138. The van der Waals surface area contributed by atoms with Crippen LogP contribution >= 0.6 is 0 Å². The molecule has 0 aliphatic rings. The van der Waals surface area contributed by atoms with E-state index < -0.39 is 30.5 Å². The average Bonchev–Trinajstić information content (AvgIpc) is 2.54. The van der Waals surface area contributed by atoms with E-state index in [9.17, 15) is 22.4 Å². The number of hydrogen-bond donors (Lipinski definition) is 2. The van der Waals surface area contributed by atoms with Crippen LogP contribution in [-0.4, -0.2) is 39.6 Å². The second-order valence-electron chi connectivity index (χ2n) is 4.83. The van der Waals surface area contributed by atoms with Crippen molar-refractivity contribution in [2.75, 3.05) is 11.9 Å². The van der Waals surface area contributed by atoms with Crippen LogP contribution in [0.1, 0.15) is 6.92 Å². The number of amides is 1. The van der Waals surface area contributed by atoms with Crippen LogP contribution in [0.5, 0.6) is 0 Å². The summed E-state index contributed by atoms with van der Waals surface area (Å²) in [5.74, 6) is -1.87. The lowest BCUT2D eigenvalue weighted by Crippen LogP contribution is -2.42. The molecule has 2 aromatic heterocycles. The number of nitrogens with one attached hydrogen (secondary N) is 2. The number of pyridine rings is 1. The molecule has 6 nitrogen and oxygen atoms in total. The molecule has 1 atom stereocenters. The Morgan fingerprint density at radius 2 is 1.96 bits per heavy atom. The van der Waals surface area contributed by atoms with Crippen LogP contribution in [0.25, 0.3) is 11.4 Å². The van der Waals surface area contributed by atoms with Gasteiger partial charge in [0.25, 0.3) is 0 Å². The van der Waals surface area contributed by atoms with Crippen molar-refractivity contribution in [3.8, 4) is 11.4 Å². The Morgan fingerprint density at radius 3 is 2.58 bits per heavy atom. The summed E-state index contributed by atoms with van der Waals surface area (Å²) < 4.78 is 50.0. The molecule has 0 saturated heterocycles. The Kier molecular flexibility index (Phi) is 5.27. The van der Waals surface area contributed by atoms with Gasteiger partial charge in [-0.1, -0.05) is 0 Å². The molecule has 24 heavy (non-hydrogen) atoms. The molecule has 2 aromatic rings. The van der Waals surface area contributed by atoms with Crippen LogP contribution in [0.2, 0.25) is 0 Å². The van der Waals surface area contributed by atoms with Crippen LogP contribution in [0.15, 0.2) is 30.7 Å². The van der Waals surface area contributed by atoms with Crippen molar-refractivity contribution >= 4 is 11.7 Å². The fourth-order valence-corrected chi connectivity index (χ4v) is 1.72. The Labute approximate surface area is 134 Å². The SMILES string of the molecule is C[C@H](Nc1nc(-c2ccncc2)ncc1F)C(=O)NCC(F)(F)F. The molecule has 2 N–H and O–H groups in total. The Bertz CT molecular complexity index is 708. The van der Waals surface area contributed by atoms with Gasteiger partial charge in [0.15, 0.2) is 17.5 Å². The van der Waals surface area contributed by atoms with E-state index in [-0.39, 0.29) is 11.6 Å². The molecule has 128 valence electrons. The Balaban J connectivity index is 2.10. The highest BCUT2D eigenvalue weighted by Gasteiger charge is 2.29. The van der Waals surface area contributed by atoms with Gasteiger partial charge < -0.3 is 10.6 Å². The number of anilines is 1. The number of hydrogen-bond acceptors (Lipinski definition) is 5. The summed E-state index contributed by atoms with van der Waals surface area (Å²) in [6.45, 7) is -0.175. The van der Waals surface area contributed by atoms with E-state index in [1.165, 1.54) is 19.3 Å². The zero-order valence-electron chi connectivity index (χ0n) is 12.4. The zero-order chi connectivity index (χ0) is 17.7. The predicted octanol–water partition coefficient (Wildman–Crippen LogP) is 2.16. The van der Waals surface area contributed by atoms with Crippen LogP contribution in [-0.2, 0) is 4.79 Å². The van der Waals surface area contributed by atoms with E-state index in [0.29, 0.717) is 5.56 Å². The van der Waals surface area contributed by atoms with Crippen molar-refractivity contribution in [2.45, 2.75) is 19.1 Å². The maximum absolute atomic E-state index is 13.8. The summed E-state index contributed by atoms with van der Waals surface area (Å²) in [5.41, 5.74) is 0.572. The van der Waals surface area contributed by atoms with Crippen molar-refractivity contribution in [1.29, 1.82) is 0 Å². The lowest BCUT2D eigenvalue weighted by Gasteiger charge is -2.16. The van der Waals surface area contributed by atoms with Crippen molar-refractivity contribution in [1.82, 2.24) is 20.3 Å². The minimum Gasteiger partial charge on any atom is -0.356 e. The van der Waals surface area contributed by atoms with E-state index in [0.717, 1.165) is 6.20 Å². The highest BCUT2D eigenvalue weighted by molar-refractivity contribution is 5.84. The zero-order valence-corrected chi connectivity index (χ0v) is 12.4. The first-order valence-corrected chi connectivity index (χ1v) is 6.80. The summed E-state index contributed by atoms with van der Waals surface area (Å²) in [6, 6.07) is 2.09. The normalized spacial score (nSPS) is 12.5. The first-order chi connectivity index (χ1) is 11.3. The minimum atomic E-state index is -4.52. The van der Waals surface area contributed by atoms with Crippen molar-refractivity contribution in [3.05, 3.63) is 36.5 Å². The average molecular weight is 343 g/mol. The first kappa shape index (κ1) is 17.6. The van der Waals surface area contributed by atoms with Gasteiger partial charge in [-0.05, 0) is 19.1 Å². The third-order valence-electron chi connectivity index (χ3n) is 2.89. The van der Waals surface area contributed by atoms with Gasteiger partial charge in [-0.25, -0.2) is 14.4 Å². The van der Waals surface area contributed by atoms with Crippen molar-refractivity contribution in [2.24, 2.45) is 0 Å². The summed E-state index contributed by atoms with van der Waals surface area (Å²) >= 11 is 0. The molecule has 10 heteroatoms. The molecule has 0 aliphatic heterocycles. The maximum atomic E-state index is 13.8. The minimum absolute atomic E-state index is 0.184. The first-order valence-electron chi connectivity index (χ1n) is 6.80. The number of aromatic nitrogens is 3. The van der Waals surface area contributed by atoms with Crippen LogP contribution in [0.4, 0.5) is 23.4 Å². The molecular formula is C14H13F4N5O. The quantitative estimate of drug-likeness (QED) is 0.814. The summed E-state index contributed by atoms with van der Waals surface area (Å²) in [4.78, 5) is 23.2. The third kappa shape index (κ3) is 4.86. The molecule has 0 radical (unpaired) electrons. The fourth-order valence-electron chi connectivity index (χ4n) is 1.72. The summed E-state index contributed by atoms with van der Waals surface area (Å²) in [7, 11) is 0. The highest BCUT2D eigenvalue weighted by Crippen LogP contribution is 2.18. The highest BCUT2D eigenvalue weighted by atomic mass is 19.4. The van der Waals surface area contributed by atoms with Gasteiger partial charge in [0.05, 0.1) is 6.20 Å². The summed E-state index contributed by atoms with van der Waals surface area (Å²) in [5, 5.41) is 4.14. The van der Waals surface area contributed by atoms with E-state index in [2.05, 4.69) is 20.3 Å². The van der Waals surface area contributed by atoms with Crippen LogP contribution in [0, 0.1) is 5.82 Å². The molecule has 1 amide bonds. The lowest BCUT2D eigenvalue weighted by atomic mass is 10.2. The molecule has 0 aromatic carbocycles. The number of alkyl halides is 3. The predicted molar refractivity (Wildman–Crippen MR) is 77.4 cm³/mol. The topological polar surface area (TPSA) is 79.8 Å². The molecule has 2 rings (SSSR count). The van der Waals surface area contributed by atoms with Gasteiger partial charge in [-0.15, -0.1) is 0 Å². The van der Waals surface area contributed by atoms with Crippen molar-refractivity contribution in [3.63, 3.8) is 0 Å². The van der Waals surface area contributed by atoms with Crippen LogP contribution < -0.4 is 10.6 Å². The number of rotatable bonds is 5. The molecule has 2 heterocycles. The van der Waals surface area contributed by atoms with Gasteiger partial charge in [-0.3, -0.25) is 9.78 Å². The van der Waals surface area contributed by atoms with Gasteiger partial charge in [0.1, 0.15) is 12.6 Å². The molecular weight excluding hydrogens is 330 g/mol. The van der Waals surface area contributed by atoms with E-state index in [4.69, 9.17) is 0 Å². The Hall–Kier alpha value is -2.78. The largest absolute Gasteiger partial charge is 0.405 e.